The molecule has 1 amide bonds. The lowest BCUT2D eigenvalue weighted by Crippen LogP contribution is -2.50. The van der Waals surface area contributed by atoms with Gasteiger partial charge < -0.3 is 23.8 Å². The van der Waals surface area contributed by atoms with Gasteiger partial charge in [0, 0.05) is 38.7 Å². The van der Waals surface area contributed by atoms with Crippen molar-refractivity contribution in [1.82, 2.24) is 9.21 Å². The minimum atomic E-state index is -3.74. The molecule has 0 spiro atoms. The highest BCUT2D eigenvalue weighted by molar-refractivity contribution is 7.89. The number of piperazine rings is 1. The van der Waals surface area contributed by atoms with Gasteiger partial charge in [-0.2, -0.15) is 4.31 Å². The van der Waals surface area contributed by atoms with E-state index in [9.17, 15) is 13.2 Å². The van der Waals surface area contributed by atoms with Crippen LogP contribution in [0.25, 0.3) is 0 Å². The summed E-state index contributed by atoms with van der Waals surface area (Å²) in [5.41, 5.74) is 0.409. The average molecular weight is 491 g/mol. The van der Waals surface area contributed by atoms with Crippen LogP contribution in [0.4, 0.5) is 0 Å². The van der Waals surface area contributed by atoms with Gasteiger partial charge in [-0.1, -0.05) is 0 Å². The fourth-order valence-corrected chi connectivity index (χ4v) is 5.41. The van der Waals surface area contributed by atoms with Gasteiger partial charge in [0.05, 0.1) is 36.9 Å². The predicted molar refractivity (Wildman–Crippen MR) is 125 cm³/mol. The number of sulfonamides is 1. The Labute approximate surface area is 200 Å². The normalized spacial score (nSPS) is 16.6. The Balaban J connectivity index is 1.47. The second kappa shape index (κ2) is 10.5. The number of carbonyl (C=O) groups is 1. The summed E-state index contributed by atoms with van der Waals surface area (Å²) in [6.07, 6.45) is 0.741. The number of amides is 1. The summed E-state index contributed by atoms with van der Waals surface area (Å²) >= 11 is 0. The first-order chi connectivity index (χ1) is 16.4. The van der Waals surface area contributed by atoms with Crippen LogP contribution in [-0.4, -0.2) is 76.1 Å². The van der Waals surface area contributed by atoms with Gasteiger partial charge in [0.15, 0.2) is 11.5 Å². The van der Waals surface area contributed by atoms with E-state index in [0.29, 0.717) is 55.0 Å². The van der Waals surface area contributed by atoms with E-state index in [1.54, 1.807) is 29.2 Å². The largest absolute Gasteiger partial charge is 0.494 e. The van der Waals surface area contributed by atoms with Crippen LogP contribution in [0.5, 0.6) is 23.0 Å². The van der Waals surface area contributed by atoms with Crippen LogP contribution in [0.15, 0.2) is 41.3 Å². The molecule has 2 aliphatic rings. The molecule has 0 aromatic heterocycles. The lowest BCUT2D eigenvalue weighted by molar-refractivity contribution is 0.0693. The fraction of sp³-hybridized carbons (Fsp3) is 0.458. The minimum absolute atomic E-state index is 0.152. The average Bonchev–Trinajstić information content (AvgIpc) is 3.10. The first-order valence-corrected chi connectivity index (χ1v) is 13.0. The van der Waals surface area contributed by atoms with Crippen molar-refractivity contribution in [1.29, 1.82) is 0 Å². The van der Waals surface area contributed by atoms with Crippen molar-refractivity contribution in [3.05, 3.63) is 42.0 Å². The fourth-order valence-electron chi connectivity index (χ4n) is 3.97. The van der Waals surface area contributed by atoms with Crippen molar-refractivity contribution < 1.29 is 32.2 Å². The molecule has 2 heterocycles. The predicted octanol–water partition coefficient (Wildman–Crippen LogP) is 2.79. The highest BCUT2D eigenvalue weighted by Crippen LogP contribution is 2.33. The number of nitrogens with zero attached hydrogens (tertiary/aromatic N) is 2. The second-order valence-corrected chi connectivity index (χ2v) is 9.82. The molecule has 10 heteroatoms. The van der Waals surface area contributed by atoms with Crippen LogP contribution < -0.4 is 18.9 Å². The molecule has 1 saturated heterocycles. The number of carbonyl (C=O) groups excluding carboxylic acids is 1. The van der Waals surface area contributed by atoms with E-state index in [0.717, 1.165) is 6.42 Å². The standard InChI is InChI=1S/C24H30N2O7S/c1-3-30-18-6-8-21(31-4-2)20(16-18)24(27)25-10-12-26(13-11-25)34(28,29)19-7-9-22-23(17-19)33-15-5-14-32-22/h6-9,16-17H,3-5,10-15H2,1-2H3. The van der Waals surface area contributed by atoms with E-state index in [4.69, 9.17) is 18.9 Å². The maximum Gasteiger partial charge on any atom is 0.257 e. The van der Waals surface area contributed by atoms with Gasteiger partial charge in [0.25, 0.3) is 5.91 Å². The molecule has 4 rings (SSSR count). The monoisotopic (exact) mass is 490 g/mol. The van der Waals surface area contributed by atoms with Crippen molar-refractivity contribution in [3.8, 4) is 23.0 Å². The topological polar surface area (TPSA) is 94.6 Å². The van der Waals surface area contributed by atoms with Gasteiger partial charge >= 0.3 is 0 Å². The van der Waals surface area contributed by atoms with E-state index in [1.165, 1.54) is 16.4 Å². The smallest absolute Gasteiger partial charge is 0.257 e. The van der Waals surface area contributed by atoms with Crippen LogP contribution in [-0.2, 0) is 10.0 Å². The summed E-state index contributed by atoms with van der Waals surface area (Å²) in [7, 11) is -3.74. The van der Waals surface area contributed by atoms with Gasteiger partial charge in [-0.15, -0.1) is 0 Å². The van der Waals surface area contributed by atoms with Crippen molar-refractivity contribution in [2.45, 2.75) is 25.2 Å². The van der Waals surface area contributed by atoms with E-state index in [2.05, 4.69) is 0 Å². The SMILES string of the molecule is CCOc1ccc(OCC)c(C(=O)N2CCN(S(=O)(=O)c3ccc4c(c3)OCCCO4)CC2)c1. The van der Waals surface area contributed by atoms with Crippen molar-refractivity contribution in [2.24, 2.45) is 0 Å². The maximum atomic E-state index is 13.3. The molecule has 0 atom stereocenters. The summed E-state index contributed by atoms with van der Waals surface area (Å²) in [5, 5.41) is 0. The Kier molecular flexibility index (Phi) is 7.47. The molecule has 0 N–H and O–H groups in total. The first kappa shape index (κ1) is 24.2. The quantitative estimate of drug-likeness (QED) is 0.589. The number of hydrogen-bond acceptors (Lipinski definition) is 7. The lowest BCUT2D eigenvalue weighted by atomic mass is 10.1. The number of fused-ring (bicyclic) bond motifs is 1. The highest BCUT2D eigenvalue weighted by atomic mass is 32.2. The van der Waals surface area contributed by atoms with Gasteiger partial charge in [0.2, 0.25) is 10.0 Å². The first-order valence-electron chi connectivity index (χ1n) is 11.5. The number of benzene rings is 2. The number of rotatable bonds is 7. The number of ether oxygens (including phenoxy) is 4. The molecule has 0 aliphatic carbocycles. The van der Waals surface area contributed by atoms with Gasteiger partial charge in [0.1, 0.15) is 11.5 Å². The summed E-state index contributed by atoms with van der Waals surface area (Å²) in [5.74, 6) is 1.84. The van der Waals surface area contributed by atoms with Crippen LogP contribution in [0.3, 0.4) is 0 Å². The Morgan fingerprint density at radius 3 is 2.32 bits per heavy atom. The Bertz CT molecular complexity index is 1130. The molecular weight excluding hydrogens is 460 g/mol. The van der Waals surface area contributed by atoms with Crippen LogP contribution in [0.1, 0.15) is 30.6 Å². The van der Waals surface area contributed by atoms with Gasteiger partial charge in [-0.3, -0.25) is 4.79 Å². The summed E-state index contributed by atoms with van der Waals surface area (Å²) in [4.78, 5) is 15.1. The molecule has 184 valence electrons. The van der Waals surface area contributed by atoms with Crippen molar-refractivity contribution in [2.75, 3.05) is 52.6 Å². The van der Waals surface area contributed by atoms with Crippen LogP contribution >= 0.6 is 0 Å². The van der Waals surface area contributed by atoms with E-state index in [1.807, 2.05) is 13.8 Å². The maximum absolute atomic E-state index is 13.3. The third kappa shape index (κ3) is 5.07. The molecule has 0 unspecified atom stereocenters. The molecule has 2 aromatic rings. The molecule has 0 bridgehead atoms. The lowest BCUT2D eigenvalue weighted by Gasteiger charge is -2.34. The van der Waals surface area contributed by atoms with Crippen LogP contribution in [0.2, 0.25) is 0 Å². The van der Waals surface area contributed by atoms with E-state index >= 15 is 0 Å². The van der Waals surface area contributed by atoms with Crippen LogP contribution in [0, 0.1) is 0 Å². The molecule has 2 aliphatic heterocycles. The third-order valence-electron chi connectivity index (χ3n) is 5.67. The van der Waals surface area contributed by atoms with E-state index < -0.39 is 10.0 Å². The molecule has 0 radical (unpaired) electrons. The zero-order valence-corrected chi connectivity index (χ0v) is 20.3. The third-order valence-corrected chi connectivity index (χ3v) is 7.57. The van der Waals surface area contributed by atoms with E-state index in [-0.39, 0.29) is 37.0 Å². The Hall–Kier alpha value is -2.98. The van der Waals surface area contributed by atoms with Gasteiger partial charge in [-0.05, 0) is 44.2 Å². The molecule has 34 heavy (non-hydrogen) atoms. The summed E-state index contributed by atoms with van der Waals surface area (Å²) in [6.45, 7) is 6.58. The Morgan fingerprint density at radius 2 is 1.62 bits per heavy atom. The van der Waals surface area contributed by atoms with Crippen molar-refractivity contribution in [3.63, 3.8) is 0 Å². The van der Waals surface area contributed by atoms with Gasteiger partial charge in [-0.25, -0.2) is 8.42 Å². The summed E-state index contributed by atoms with van der Waals surface area (Å²) in [6, 6.07) is 9.86. The minimum Gasteiger partial charge on any atom is -0.494 e. The molecule has 2 aromatic carbocycles. The number of hydrogen-bond donors (Lipinski definition) is 0. The zero-order chi connectivity index (χ0) is 24.1. The molecule has 9 nitrogen and oxygen atoms in total. The second-order valence-electron chi connectivity index (χ2n) is 7.88. The van der Waals surface area contributed by atoms with Crippen molar-refractivity contribution >= 4 is 15.9 Å². The summed E-state index contributed by atoms with van der Waals surface area (Å²) < 4.78 is 50.3. The zero-order valence-electron chi connectivity index (χ0n) is 19.5. The molecule has 0 saturated carbocycles. The Morgan fingerprint density at radius 1 is 0.912 bits per heavy atom. The molecular formula is C24H30N2O7S. The molecule has 1 fully saturated rings. The highest BCUT2D eigenvalue weighted by Gasteiger charge is 2.32.